The Hall–Kier alpha value is -0.0500. The zero-order valence-electron chi connectivity index (χ0n) is 9.20. The third-order valence-corrected chi connectivity index (χ3v) is 4.59. The van der Waals surface area contributed by atoms with Crippen LogP contribution in [0, 0.1) is 3.57 Å². The van der Waals surface area contributed by atoms with E-state index < -0.39 is 0 Å². The number of hydrogen-bond donors (Lipinski definition) is 1. The van der Waals surface area contributed by atoms with Gasteiger partial charge in [0.25, 0.3) is 0 Å². The first-order valence-corrected chi connectivity index (χ1v) is 7.82. The highest BCUT2D eigenvalue weighted by Gasteiger charge is 2.10. The first-order valence-electron chi connectivity index (χ1n) is 5.13. The van der Waals surface area contributed by atoms with Gasteiger partial charge in [-0.05, 0) is 47.8 Å². The van der Waals surface area contributed by atoms with E-state index in [1.807, 2.05) is 13.1 Å². The number of likely N-dealkylation sites (N-methyl/N-ethyl adjacent to an activating group) is 1. The summed E-state index contributed by atoms with van der Waals surface area (Å²) in [7, 11) is 1.94. The molecule has 0 saturated carbocycles. The maximum absolute atomic E-state index is 4.25. The Morgan fingerprint density at radius 1 is 1.41 bits per heavy atom. The maximum Gasteiger partial charge on any atom is 0.148 e. The lowest BCUT2D eigenvalue weighted by atomic mass is 10.2. The van der Waals surface area contributed by atoms with E-state index in [0.717, 1.165) is 33.0 Å². The van der Waals surface area contributed by atoms with Crippen LogP contribution < -0.4 is 5.32 Å². The van der Waals surface area contributed by atoms with Crippen molar-refractivity contribution in [3.63, 3.8) is 0 Å². The van der Waals surface area contributed by atoms with Crippen molar-refractivity contribution in [2.75, 3.05) is 13.6 Å². The standard InChI is InChI=1S/C11H11BrIN3S/c1-14-5-4-10-15-16-11(17-10)8-6-7(13)2-3-9(8)12/h2-3,6,14H,4-5H2,1H3. The summed E-state index contributed by atoms with van der Waals surface area (Å²) in [5.41, 5.74) is 1.12. The Morgan fingerprint density at radius 3 is 3.00 bits per heavy atom. The van der Waals surface area contributed by atoms with E-state index >= 15 is 0 Å². The van der Waals surface area contributed by atoms with Crippen molar-refractivity contribution in [2.24, 2.45) is 0 Å². The molecule has 0 atom stereocenters. The molecule has 0 aliphatic rings. The molecule has 1 heterocycles. The molecule has 6 heteroatoms. The van der Waals surface area contributed by atoms with Crippen molar-refractivity contribution in [2.45, 2.75) is 6.42 Å². The normalized spacial score (nSPS) is 10.8. The Labute approximate surface area is 126 Å². The predicted octanol–water partition coefficient (Wildman–Crippen LogP) is 3.33. The summed E-state index contributed by atoms with van der Waals surface area (Å²) in [6, 6.07) is 6.23. The van der Waals surface area contributed by atoms with Gasteiger partial charge < -0.3 is 5.32 Å². The van der Waals surface area contributed by atoms with Crippen molar-refractivity contribution < 1.29 is 0 Å². The predicted molar refractivity (Wildman–Crippen MR) is 83.4 cm³/mol. The van der Waals surface area contributed by atoms with Crippen LogP contribution in [0.4, 0.5) is 0 Å². The van der Waals surface area contributed by atoms with Gasteiger partial charge in [0.2, 0.25) is 0 Å². The largest absolute Gasteiger partial charge is 0.319 e. The van der Waals surface area contributed by atoms with Crippen molar-refractivity contribution in [3.8, 4) is 10.6 Å². The minimum atomic E-state index is 0.926. The van der Waals surface area contributed by atoms with Gasteiger partial charge in [0.1, 0.15) is 10.0 Å². The minimum absolute atomic E-state index is 0.926. The van der Waals surface area contributed by atoms with Crippen molar-refractivity contribution in [1.29, 1.82) is 0 Å². The van der Waals surface area contributed by atoms with E-state index in [4.69, 9.17) is 0 Å². The van der Waals surface area contributed by atoms with E-state index in [9.17, 15) is 0 Å². The van der Waals surface area contributed by atoms with Crippen molar-refractivity contribution >= 4 is 49.9 Å². The van der Waals surface area contributed by atoms with Gasteiger partial charge in [-0.2, -0.15) is 0 Å². The molecular formula is C11H11BrIN3S. The molecule has 2 rings (SSSR count). The molecule has 1 aromatic heterocycles. The fourth-order valence-electron chi connectivity index (χ4n) is 1.36. The Balaban J connectivity index is 2.27. The van der Waals surface area contributed by atoms with Crippen molar-refractivity contribution in [3.05, 3.63) is 31.2 Å². The maximum atomic E-state index is 4.25. The zero-order valence-corrected chi connectivity index (χ0v) is 13.8. The lowest BCUT2D eigenvalue weighted by Crippen LogP contribution is -2.09. The number of nitrogens with one attached hydrogen (secondary N) is 1. The third kappa shape index (κ3) is 3.46. The lowest BCUT2D eigenvalue weighted by Gasteiger charge is -2.00. The van der Waals surface area contributed by atoms with Crippen LogP contribution in [-0.4, -0.2) is 23.8 Å². The van der Waals surface area contributed by atoms with E-state index in [1.54, 1.807) is 11.3 Å². The number of aromatic nitrogens is 2. The summed E-state index contributed by atoms with van der Waals surface area (Å²) >= 11 is 7.51. The summed E-state index contributed by atoms with van der Waals surface area (Å²) in [5.74, 6) is 0. The first kappa shape index (κ1) is 13.4. The summed E-state index contributed by atoms with van der Waals surface area (Å²) in [4.78, 5) is 0. The molecule has 0 saturated heterocycles. The van der Waals surface area contributed by atoms with Gasteiger partial charge >= 0.3 is 0 Å². The van der Waals surface area contributed by atoms with Crippen LogP contribution in [0.15, 0.2) is 22.7 Å². The number of halogens is 2. The highest BCUT2D eigenvalue weighted by atomic mass is 127. The molecule has 0 aliphatic heterocycles. The number of nitrogens with zero attached hydrogens (tertiary/aromatic N) is 2. The molecule has 0 amide bonds. The quantitative estimate of drug-likeness (QED) is 0.766. The topological polar surface area (TPSA) is 37.8 Å². The minimum Gasteiger partial charge on any atom is -0.319 e. The van der Waals surface area contributed by atoms with Gasteiger partial charge in [0.15, 0.2) is 0 Å². The first-order chi connectivity index (χ1) is 8.20. The zero-order chi connectivity index (χ0) is 12.3. The summed E-state index contributed by atoms with van der Waals surface area (Å²) in [5, 5.41) is 13.6. The number of rotatable bonds is 4. The second kappa shape index (κ2) is 6.21. The molecular weight excluding hydrogens is 413 g/mol. The van der Waals surface area contributed by atoms with Crippen LogP contribution >= 0.6 is 49.9 Å². The molecule has 1 aromatic carbocycles. The average molecular weight is 424 g/mol. The van der Waals surface area contributed by atoms with Crippen LogP contribution in [0.3, 0.4) is 0 Å². The summed E-state index contributed by atoms with van der Waals surface area (Å²) < 4.78 is 2.27. The molecule has 17 heavy (non-hydrogen) atoms. The third-order valence-electron chi connectivity index (χ3n) is 2.21. The Bertz CT molecular complexity index is 515. The molecule has 2 aromatic rings. The van der Waals surface area contributed by atoms with E-state index in [2.05, 4.69) is 66.2 Å². The second-order valence-corrected chi connectivity index (χ2v) is 6.64. The Morgan fingerprint density at radius 2 is 2.24 bits per heavy atom. The molecule has 0 bridgehead atoms. The van der Waals surface area contributed by atoms with Gasteiger partial charge in [-0.3, -0.25) is 0 Å². The van der Waals surface area contributed by atoms with Gasteiger partial charge in [-0.15, -0.1) is 10.2 Å². The SMILES string of the molecule is CNCCc1nnc(-c2cc(I)ccc2Br)s1. The van der Waals surface area contributed by atoms with Crippen LogP contribution in [0.2, 0.25) is 0 Å². The van der Waals surface area contributed by atoms with Gasteiger partial charge in [-0.25, -0.2) is 0 Å². The molecule has 0 unspecified atom stereocenters. The van der Waals surface area contributed by atoms with Crippen LogP contribution in [0.25, 0.3) is 10.6 Å². The van der Waals surface area contributed by atoms with Gasteiger partial charge in [0.05, 0.1) is 0 Å². The fraction of sp³-hybridized carbons (Fsp3) is 0.273. The molecule has 0 spiro atoms. The van der Waals surface area contributed by atoms with Crippen LogP contribution in [0.5, 0.6) is 0 Å². The highest BCUT2D eigenvalue weighted by Crippen LogP contribution is 2.31. The molecule has 0 fully saturated rings. The molecule has 90 valence electrons. The number of benzene rings is 1. The highest BCUT2D eigenvalue weighted by molar-refractivity contribution is 14.1. The molecule has 0 radical (unpaired) electrons. The van der Waals surface area contributed by atoms with Crippen molar-refractivity contribution in [1.82, 2.24) is 15.5 Å². The second-order valence-electron chi connectivity index (χ2n) is 3.48. The molecule has 3 nitrogen and oxygen atoms in total. The number of hydrogen-bond acceptors (Lipinski definition) is 4. The van der Waals surface area contributed by atoms with E-state index in [1.165, 1.54) is 3.57 Å². The van der Waals surface area contributed by atoms with Gasteiger partial charge in [-0.1, -0.05) is 27.3 Å². The Kier molecular flexibility index (Phi) is 4.89. The van der Waals surface area contributed by atoms with Crippen LogP contribution in [0.1, 0.15) is 5.01 Å². The fourth-order valence-corrected chi connectivity index (χ4v) is 3.28. The summed E-state index contributed by atoms with van der Waals surface area (Å²) in [6.45, 7) is 0.933. The monoisotopic (exact) mass is 423 g/mol. The van der Waals surface area contributed by atoms with E-state index in [0.29, 0.717) is 0 Å². The van der Waals surface area contributed by atoms with Crippen LogP contribution in [-0.2, 0) is 6.42 Å². The lowest BCUT2D eigenvalue weighted by molar-refractivity contribution is 0.779. The average Bonchev–Trinajstić information content (AvgIpc) is 2.78. The van der Waals surface area contributed by atoms with Gasteiger partial charge in [0, 0.05) is 26.6 Å². The summed E-state index contributed by atoms with van der Waals surface area (Å²) in [6.07, 6.45) is 0.926. The smallest absolute Gasteiger partial charge is 0.148 e. The molecule has 0 aliphatic carbocycles. The van der Waals surface area contributed by atoms with E-state index in [-0.39, 0.29) is 0 Å². The molecule has 1 N–H and O–H groups in total.